The van der Waals surface area contributed by atoms with Crippen LogP contribution in [-0.2, 0) is 30.9 Å². The molecule has 10 nitrogen and oxygen atoms in total. The van der Waals surface area contributed by atoms with Gasteiger partial charge in [0.2, 0.25) is 0 Å². The fraction of sp³-hybridized carbons (Fsp3) is 0.219. The summed E-state index contributed by atoms with van der Waals surface area (Å²) in [7, 11) is 1.61. The summed E-state index contributed by atoms with van der Waals surface area (Å²) in [5, 5.41) is 24.2. The molecule has 0 unspecified atom stereocenters. The van der Waals surface area contributed by atoms with E-state index in [9.17, 15) is 9.90 Å². The maximum absolute atomic E-state index is 11.9. The number of nitrogens with one attached hydrogen (secondary N) is 2. The summed E-state index contributed by atoms with van der Waals surface area (Å²) in [5.41, 5.74) is 9.36. The van der Waals surface area contributed by atoms with E-state index in [0.29, 0.717) is 43.4 Å². The third-order valence-corrected chi connectivity index (χ3v) is 7.80. The molecule has 1 aliphatic heterocycles. The van der Waals surface area contributed by atoms with E-state index < -0.39 is 0 Å². The summed E-state index contributed by atoms with van der Waals surface area (Å²) in [6, 6.07) is 15.7. The molecule has 3 N–H and O–H groups in total. The average molecular weight is 598 g/mol. The highest BCUT2D eigenvalue weighted by atomic mass is 32.1. The number of carbonyl (C=O) groups is 1. The normalized spacial score (nSPS) is 11.9. The number of aromatic nitrogens is 3. The van der Waals surface area contributed by atoms with Crippen LogP contribution in [0.4, 0.5) is 17.1 Å². The van der Waals surface area contributed by atoms with Crippen LogP contribution < -0.4 is 20.1 Å². The number of hydrogen-bond acceptors (Lipinski definition) is 10. The minimum absolute atomic E-state index is 0.194. The van der Waals surface area contributed by atoms with Crippen LogP contribution in [0.15, 0.2) is 71.8 Å². The lowest BCUT2D eigenvalue weighted by Gasteiger charge is -2.15. The second kappa shape index (κ2) is 12.5. The maximum atomic E-state index is 11.9. The van der Waals surface area contributed by atoms with Crippen molar-refractivity contribution in [1.82, 2.24) is 14.8 Å². The smallest absolute Gasteiger partial charge is 0.341 e. The van der Waals surface area contributed by atoms with Crippen molar-refractivity contribution in [3.63, 3.8) is 0 Å². The molecule has 2 aromatic heterocycles. The van der Waals surface area contributed by atoms with Crippen molar-refractivity contribution in [2.24, 2.45) is 0 Å². The first-order valence-corrected chi connectivity index (χ1v) is 14.8. The van der Waals surface area contributed by atoms with Gasteiger partial charge in [0.1, 0.15) is 12.4 Å². The van der Waals surface area contributed by atoms with Crippen LogP contribution >= 0.6 is 11.3 Å². The lowest BCUT2D eigenvalue weighted by atomic mass is 10.0. The van der Waals surface area contributed by atoms with Crippen molar-refractivity contribution in [3.8, 4) is 28.4 Å². The second-order valence-electron chi connectivity index (χ2n) is 9.98. The van der Waals surface area contributed by atoms with Crippen molar-refractivity contribution >= 4 is 34.4 Å². The van der Waals surface area contributed by atoms with Gasteiger partial charge in [0, 0.05) is 35.9 Å². The minimum atomic E-state index is -0.368. The van der Waals surface area contributed by atoms with Gasteiger partial charge in [0.05, 0.1) is 48.1 Å². The molecule has 0 atom stereocenters. The fourth-order valence-corrected chi connectivity index (χ4v) is 5.47. The lowest BCUT2D eigenvalue weighted by Crippen LogP contribution is -2.05. The molecule has 3 aromatic carbocycles. The van der Waals surface area contributed by atoms with Crippen molar-refractivity contribution in [1.29, 1.82) is 0 Å². The third kappa shape index (κ3) is 6.26. The Kier molecular flexibility index (Phi) is 8.14. The number of rotatable bonds is 10. The zero-order valence-corrected chi connectivity index (χ0v) is 24.6. The van der Waals surface area contributed by atoms with E-state index in [0.717, 1.165) is 51.4 Å². The molecule has 0 bridgehead atoms. The summed E-state index contributed by atoms with van der Waals surface area (Å²) < 4.78 is 18.3. The Morgan fingerprint density at radius 3 is 2.79 bits per heavy atom. The molecule has 0 fully saturated rings. The van der Waals surface area contributed by atoms with E-state index in [1.165, 1.54) is 17.5 Å². The largest absolute Gasteiger partial charge is 0.507 e. The van der Waals surface area contributed by atoms with Crippen LogP contribution in [0.5, 0.6) is 17.2 Å². The number of carbonyl (C=O) groups excluding carboxylic acids is 1. The Balaban J connectivity index is 1.17. The van der Waals surface area contributed by atoms with E-state index in [1.54, 1.807) is 36.5 Å². The molecule has 11 heteroatoms. The first kappa shape index (κ1) is 28.1. The molecule has 0 spiro atoms. The lowest BCUT2D eigenvalue weighted by molar-refractivity contribution is 0.0526. The number of benzene rings is 3. The van der Waals surface area contributed by atoms with Crippen LogP contribution in [0.25, 0.3) is 11.1 Å². The number of thiazole rings is 1. The second-order valence-corrected chi connectivity index (χ2v) is 10.7. The van der Waals surface area contributed by atoms with Gasteiger partial charge in [-0.25, -0.2) is 9.78 Å². The van der Waals surface area contributed by atoms with Crippen LogP contribution in [0.3, 0.4) is 0 Å². The molecule has 0 saturated carbocycles. The molecule has 0 amide bonds. The maximum Gasteiger partial charge on any atom is 0.341 e. The van der Waals surface area contributed by atoms with Gasteiger partial charge in [0.15, 0.2) is 11.5 Å². The molecule has 0 aliphatic carbocycles. The minimum Gasteiger partial charge on any atom is -0.507 e. The number of esters is 1. The summed E-state index contributed by atoms with van der Waals surface area (Å²) in [6.45, 7) is 3.54. The van der Waals surface area contributed by atoms with Crippen LogP contribution in [-0.4, -0.2) is 39.6 Å². The number of nitrogens with zero attached hydrogens (tertiary/aromatic N) is 3. The Bertz CT molecular complexity index is 1750. The predicted molar refractivity (Wildman–Crippen MR) is 165 cm³/mol. The number of aryl methyl sites for hydroxylation is 2. The SMILES string of the molecule is CCOC(=O)c1cnn(CCc2ccc3c(c2)NCc2c(O)cc(-c4ccc(OCc5cscn5)c(OC)c4)cc2N3)c1. The Labute approximate surface area is 252 Å². The average Bonchev–Trinajstić information content (AvgIpc) is 3.68. The number of fused-ring (bicyclic) bond motifs is 2. The van der Waals surface area contributed by atoms with Crippen molar-refractivity contribution in [2.75, 3.05) is 24.4 Å². The molecule has 6 rings (SSSR count). The summed E-state index contributed by atoms with van der Waals surface area (Å²) >= 11 is 1.53. The van der Waals surface area contributed by atoms with Crippen molar-refractivity contribution in [3.05, 3.63) is 94.2 Å². The van der Waals surface area contributed by atoms with Gasteiger partial charge in [-0.15, -0.1) is 11.3 Å². The molecular formula is C32H31N5O5S. The first-order valence-electron chi connectivity index (χ1n) is 13.9. The number of aromatic hydroxyl groups is 1. The molecule has 0 radical (unpaired) electrons. The highest BCUT2D eigenvalue weighted by molar-refractivity contribution is 7.07. The van der Waals surface area contributed by atoms with Crippen molar-refractivity contribution < 1.29 is 24.1 Å². The van der Waals surface area contributed by atoms with E-state index in [-0.39, 0.29) is 11.7 Å². The van der Waals surface area contributed by atoms with Gasteiger partial charge in [-0.05, 0) is 66.4 Å². The van der Waals surface area contributed by atoms with Gasteiger partial charge in [-0.1, -0.05) is 12.1 Å². The van der Waals surface area contributed by atoms with Crippen LogP contribution in [0.2, 0.25) is 0 Å². The highest BCUT2D eigenvalue weighted by Crippen LogP contribution is 2.41. The van der Waals surface area contributed by atoms with Crippen molar-refractivity contribution in [2.45, 2.75) is 33.0 Å². The fourth-order valence-electron chi connectivity index (χ4n) is 4.93. The number of hydrogen-bond donors (Lipinski definition) is 3. The topological polar surface area (TPSA) is 120 Å². The van der Waals surface area contributed by atoms with Gasteiger partial charge in [-0.3, -0.25) is 4.68 Å². The Morgan fingerprint density at radius 1 is 1.07 bits per heavy atom. The first-order chi connectivity index (χ1) is 21.0. The molecule has 3 heterocycles. The van der Waals surface area contributed by atoms with E-state index in [4.69, 9.17) is 14.2 Å². The summed E-state index contributed by atoms with van der Waals surface area (Å²) in [5.74, 6) is 1.05. The number of phenols is 1. The number of ether oxygens (including phenoxy) is 3. The Morgan fingerprint density at radius 2 is 1.98 bits per heavy atom. The Hall–Kier alpha value is -5.03. The monoisotopic (exact) mass is 597 g/mol. The van der Waals surface area contributed by atoms with Crippen LogP contribution in [0, 0.1) is 0 Å². The van der Waals surface area contributed by atoms with E-state index in [1.807, 2.05) is 35.7 Å². The van der Waals surface area contributed by atoms with E-state index in [2.05, 4.69) is 32.8 Å². The molecule has 1 aliphatic rings. The molecule has 220 valence electrons. The number of methoxy groups -OCH3 is 1. The van der Waals surface area contributed by atoms with Gasteiger partial charge >= 0.3 is 5.97 Å². The molecule has 0 saturated heterocycles. The summed E-state index contributed by atoms with van der Waals surface area (Å²) in [4.78, 5) is 16.2. The van der Waals surface area contributed by atoms with Gasteiger partial charge in [0.25, 0.3) is 0 Å². The van der Waals surface area contributed by atoms with Gasteiger partial charge in [-0.2, -0.15) is 5.10 Å². The van der Waals surface area contributed by atoms with E-state index >= 15 is 0 Å². The zero-order valence-electron chi connectivity index (χ0n) is 23.8. The van der Waals surface area contributed by atoms with Gasteiger partial charge < -0.3 is 30.0 Å². The molecular weight excluding hydrogens is 566 g/mol. The number of anilines is 3. The quantitative estimate of drug-likeness (QED) is 0.157. The molecule has 43 heavy (non-hydrogen) atoms. The number of phenolic OH excluding ortho intramolecular Hbond substituents is 1. The highest BCUT2D eigenvalue weighted by Gasteiger charge is 2.19. The molecule has 5 aromatic rings. The summed E-state index contributed by atoms with van der Waals surface area (Å²) in [6.07, 6.45) is 3.96. The van der Waals surface area contributed by atoms with Crippen LogP contribution in [0.1, 0.15) is 34.1 Å². The zero-order chi connectivity index (χ0) is 29.8. The third-order valence-electron chi connectivity index (χ3n) is 7.17. The predicted octanol–water partition coefficient (Wildman–Crippen LogP) is 6.39. The standard InChI is InChI=1S/C32H31N5O5S/c1-3-41-32(39)23-14-35-37(16-23)9-8-20-4-6-26-28(10-20)33-15-25-27(36-26)11-22(12-29(25)38)21-5-7-30(31(13-21)40-2)42-17-24-18-43-19-34-24/h4-7,10-14,16,18-19,33,36,38H,3,8-9,15,17H2,1-2H3.